The molecule has 1 aromatic rings. The Kier molecular flexibility index (Phi) is 6.98. The first-order valence-corrected chi connectivity index (χ1v) is 9.45. The molecule has 0 spiro atoms. The fourth-order valence-electron chi connectivity index (χ4n) is 2.82. The van der Waals surface area contributed by atoms with E-state index < -0.39 is 10.2 Å². The largest absolute Gasteiger partial charge is 0.383 e. The highest BCUT2D eigenvalue weighted by Crippen LogP contribution is 2.18. The van der Waals surface area contributed by atoms with Gasteiger partial charge >= 0.3 is 0 Å². The summed E-state index contributed by atoms with van der Waals surface area (Å²) in [7, 11) is 0.136. The van der Waals surface area contributed by atoms with Gasteiger partial charge in [-0.15, -0.1) is 0 Å². The van der Waals surface area contributed by atoms with Crippen LogP contribution in [0.25, 0.3) is 0 Å². The van der Waals surface area contributed by atoms with Crippen molar-refractivity contribution in [2.75, 3.05) is 40.4 Å². The van der Waals surface area contributed by atoms with Gasteiger partial charge in [-0.05, 0) is 38.5 Å². The van der Waals surface area contributed by atoms with E-state index in [1.807, 2.05) is 30.3 Å². The van der Waals surface area contributed by atoms with Gasteiger partial charge in [0.2, 0.25) is 0 Å². The van der Waals surface area contributed by atoms with E-state index in [2.05, 4.69) is 16.7 Å². The van der Waals surface area contributed by atoms with Gasteiger partial charge < -0.3 is 9.64 Å². The summed E-state index contributed by atoms with van der Waals surface area (Å²) in [6.45, 7) is 2.93. The van der Waals surface area contributed by atoms with Crippen molar-refractivity contribution in [3.63, 3.8) is 0 Å². The zero-order valence-electron chi connectivity index (χ0n) is 13.9. The second-order valence-corrected chi connectivity index (χ2v) is 7.66. The Bertz CT molecular complexity index is 557. The fraction of sp³-hybridized carbons (Fsp3) is 0.625. The van der Waals surface area contributed by atoms with Crippen LogP contribution in [0.3, 0.4) is 0 Å². The summed E-state index contributed by atoms with van der Waals surface area (Å²) in [6, 6.07) is 9.60. The normalized spacial score (nSPS) is 17.7. The molecule has 1 fully saturated rings. The molecule has 23 heavy (non-hydrogen) atoms. The van der Waals surface area contributed by atoms with Crippen LogP contribution >= 0.6 is 0 Å². The number of benzene rings is 1. The Morgan fingerprint density at radius 2 is 1.91 bits per heavy atom. The standard InChI is InChI=1S/C16H27N3O3S/c1-18-10-8-16(9-11-18)19(12-13-22-2)23(20,21)17-14-15-6-4-3-5-7-15/h3-7,16-17H,8-14H2,1-2H3. The van der Waals surface area contributed by atoms with Gasteiger partial charge in [0.1, 0.15) is 0 Å². The number of ether oxygens (including phenoxy) is 1. The molecule has 0 aliphatic carbocycles. The van der Waals surface area contributed by atoms with E-state index in [0.717, 1.165) is 31.5 Å². The first-order chi connectivity index (χ1) is 11.0. The number of rotatable bonds is 8. The SMILES string of the molecule is COCCN(C1CCN(C)CC1)S(=O)(=O)NCc1ccccc1. The Morgan fingerprint density at radius 3 is 2.52 bits per heavy atom. The van der Waals surface area contributed by atoms with Crippen LogP contribution in [-0.4, -0.2) is 64.1 Å². The first-order valence-electron chi connectivity index (χ1n) is 8.01. The predicted molar refractivity (Wildman–Crippen MR) is 91.3 cm³/mol. The van der Waals surface area contributed by atoms with Gasteiger partial charge in [0.25, 0.3) is 10.2 Å². The molecule has 1 N–H and O–H groups in total. The van der Waals surface area contributed by atoms with Crippen LogP contribution in [0.4, 0.5) is 0 Å². The third kappa shape index (κ3) is 5.54. The van der Waals surface area contributed by atoms with Crippen molar-refractivity contribution in [2.45, 2.75) is 25.4 Å². The molecule has 2 rings (SSSR count). The van der Waals surface area contributed by atoms with Crippen LogP contribution in [0.1, 0.15) is 18.4 Å². The smallest absolute Gasteiger partial charge is 0.280 e. The minimum absolute atomic E-state index is 0.0367. The number of piperidine rings is 1. The first kappa shape index (κ1) is 18.4. The second kappa shape index (κ2) is 8.75. The molecule has 7 heteroatoms. The molecule has 1 aromatic carbocycles. The van der Waals surface area contributed by atoms with Crippen molar-refractivity contribution in [1.82, 2.24) is 13.9 Å². The maximum absolute atomic E-state index is 12.7. The fourth-order valence-corrected chi connectivity index (χ4v) is 4.25. The Balaban J connectivity index is 2.03. The molecule has 6 nitrogen and oxygen atoms in total. The minimum atomic E-state index is -3.53. The highest BCUT2D eigenvalue weighted by molar-refractivity contribution is 7.87. The third-order valence-corrected chi connectivity index (χ3v) is 5.83. The maximum Gasteiger partial charge on any atom is 0.280 e. The summed E-state index contributed by atoms with van der Waals surface area (Å²) >= 11 is 0. The van der Waals surface area contributed by atoms with E-state index in [0.29, 0.717) is 19.7 Å². The molecule has 0 radical (unpaired) electrons. The van der Waals surface area contributed by atoms with Crippen molar-refractivity contribution in [3.8, 4) is 0 Å². The average molecular weight is 341 g/mol. The van der Waals surface area contributed by atoms with Crippen LogP contribution in [-0.2, 0) is 21.5 Å². The van der Waals surface area contributed by atoms with E-state index in [-0.39, 0.29) is 6.04 Å². The molecule has 0 atom stereocenters. The quantitative estimate of drug-likeness (QED) is 0.768. The molecule has 1 saturated heterocycles. The van der Waals surface area contributed by atoms with Crippen molar-refractivity contribution in [2.24, 2.45) is 0 Å². The third-order valence-electron chi connectivity index (χ3n) is 4.22. The van der Waals surface area contributed by atoms with Crippen LogP contribution < -0.4 is 4.72 Å². The van der Waals surface area contributed by atoms with Crippen molar-refractivity contribution in [3.05, 3.63) is 35.9 Å². The second-order valence-electron chi connectivity index (χ2n) is 5.95. The summed E-state index contributed by atoms with van der Waals surface area (Å²) in [4.78, 5) is 2.23. The molecule has 0 unspecified atom stereocenters. The lowest BCUT2D eigenvalue weighted by Crippen LogP contribution is -2.51. The predicted octanol–water partition coefficient (Wildman–Crippen LogP) is 1.06. The van der Waals surface area contributed by atoms with E-state index in [1.54, 1.807) is 11.4 Å². The molecule has 130 valence electrons. The van der Waals surface area contributed by atoms with E-state index in [1.165, 1.54) is 0 Å². The van der Waals surface area contributed by atoms with Crippen LogP contribution in [0.5, 0.6) is 0 Å². The zero-order valence-corrected chi connectivity index (χ0v) is 14.8. The van der Waals surface area contributed by atoms with Gasteiger partial charge in [-0.3, -0.25) is 0 Å². The number of hydrogen-bond donors (Lipinski definition) is 1. The maximum atomic E-state index is 12.7. The number of hydrogen-bond acceptors (Lipinski definition) is 4. The topological polar surface area (TPSA) is 61.9 Å². The molecule has 0 aromatic heterocycles. The number of likely N-dealkylation sites (tertiary alicyclic amines) is 1. The van der Waals surface area contributed by atoms with E-state index >= 15 is 0 Å². The number of nitrogens with one attached hydrogen (secondary N) is 1. The molecule has 0 bridgehead atoms. The highest BCUT2D eigenvalue weighted by Gasteiger charge is 2.31. The van der Waals surface area contributed by atoms with Crippen LogP contribution in [0, 0.1) is 0 Å². The number of nitrogens with zero attached hydrogens (tertiary/aromatic N) is 2. The Morgan fingerprint density at radius 1 is 1.26 bits per heavy atom. The van der Waals surface area contributed by atoms with Crippen LogP contribution in [0.2, 0.25) is 0 Å². The highest BCUT2D eigenvalue weighted by atomic mass is 32.2. The number of methoxy groups -OCH3 is 1. The van der Waals surface area contributed by atoms with E-state index in [9.17, 15) is 8.42 Å². The molecule has 0 saturated carbocycles. The van der Waals surface area contributed by atoms with E-state index in [4.69, 9.17) is 4.74 Å². The van der Waals surface area contributed by atoms with Crippen molar-refractivity contribution < 1.29 is 13.2 Å². The molecule has 1 heterocycles. The lowest BCUT2D eigenvalue weighted by molar-refractivity contribution is 0.136. The molecule has 1 aliphatic heterocycles. The molecule has 1 aliphatic rings. The Labute approximate surface area is 139 Å². The minimum Gasteiger partial charge on any atom is -0.383 e. The van der Waals surface area contributed by atoms with Gasteiger partial charge in [-0.25, -0.2) is 0 Å². The summed E-state index contributed by atoms with van der Waals surface area (Å²) in [5.74, 6) is 0. The van der Waals surface area contributed by atoms with Gasteiger partial charge in [-0.1, -0.05) is 30.3 Å². The van der Waals surface area contributed by atoms with Gasteiger partial charge in [0.05, 0.1) is 6.61 Å². The average Bonchev–Trinajstić information content (AvgIpc) is 2.56. The summed E-state index contributed by atoms with van der Waals surface area (Å²) < 4.78 is 34.9. The monoisotopic (exact) mass is 341 g/mol. The van der Waals surface area contributed by atoms with Crippen LogP contribution in [0.15, 0.2) is 30.3 Å². The molecule has 0 amide bonds. The summed E-state index contributed by atoms with van der Waals surface area (Å²) in [5.41, 5.74) is 0.950. The lowest BCUT2D eigenvalue weighted by atomic mass is 10.1. The van der Waals surface area contributed by atoms with Crippen molar-refractivity contribution >= 4 is 10.2 Å². The molecular weight excluding hydrogens is 314 g/mol. The van der Waals surface area contributed by atoms with Gasteiger partial charge in [0.15, 0.2) is 0 Å². The lowest BCUT2D eigenvalue weighted by Gasteiger charge is -2.36. The zero-order chi connectivity index (χ0) is 16.7. The summed E-state index contributed by atoms with van der Waals surface area (Å²) in [6.07, 6.45) is 1.71. The van der Waals surface area contributed by atoms with Gasteiger partial charge in [-0.2, -0.15) is 17.4 Å². The van der Waals surface area contributed by atoms with Crippen molar-refractivity contribution in [1.29, 1.82) is 0 Å². The molecular formula is C16H27N3O3S. The van der Waals surface area contributed by atoms with Gasteiger partial charge in [0, 0.05) is 26.2 Å². The summed E-state index contributed by atoms with van der Waals surface area (Å²) in [5, 5.41) is 0. The Hall–Kier alpha value is -0.990.